The van der Waals surface area contributed by atoms with Crippen LogP contribution in [0.4, 0.5) is 5.69 Å². The van der Waals surface area contributed by atoms with Crippen molar-refractivity contribution in [2.75, 3.05) is 11.4 Å². The quantitative estimate of drug-likeness (QED) is 0.861. The lowest BCUT2D eigenvalue weighted by Gasteiger charge is -2.24. The molecular formula is C16H17N3O. The molecule has 1 unspecified atom stereocenters. The molecule has 0 spiro atoms. The molecule has 1 N–H and O–H groups in total. The Bertz CT molecular complexity index is 612. The molecule has 0 aliphatic carbocycles. The molecule has 0 fully saturated rings. The van der Waals surface area contributed by atoms with E-state index >= 15 is 0 Å². The van der Waals surface area contributed by atoms with Gasteiger partial charge in [0.25, 0.3) is 5.91 Å². The highest BCUT2D eigenvalue weighted by Crippen LogP contribution is 2.24. The van der Waals surface area contributed by atoms with E-state index in [0.717, 1.165) is 17.8 Å². The molecule has 2 aromatic rings. The highest BCUT2D eigenvalue weighted by atomic mass is 16.2. The minimum absolute atomic E-state index is 0.0235. The monoisotopic (exact) mass is 267 g/mol. The van der Waals surface area contributed by atoms with E-state index in [1.807, 2.05) is 23.1 Å². The van der Waals surface area contributed by atoms with E-state index in [4.69, 9.17) is 0 Å². The van der Waals surface area contributed by atoms with Gasteiger partial charge in [-0.3, -0.25) is 9.78 Å². The van der Waals surface area contributed by atoms with Gasteiger partial charge in [-0.1, -0.05) is 18.2 Å². The Morgan fingerprint density at radius 2 is 2.00 bits per heavy atom. The Labute approximate surface area is 118 Å². The standard InChI is InChI=1S/C16H17N3O/c1-12-11-19(16(20)13-6-8-17-9-7-13)15-5-3-2-4-14(15)10-18-12/h2-9,12,18H,10-11H2,1H3. The average molecular weight is 267 g/mol. The molecule has 1 aromatic carbocycles. The van der Waals surface area contributed by atoms with Gasteiger partial charge in [0.1, 0.15) is 0 Å². The van der Waals surface area contributed by atoms with Crippen molar-refractivity contribution in [3.63, 3.8) is 0 Å². The number of carbonyl (C=O) groups excluding carboxylic acids is 1. The Kier molecular flexibility index (Phi) is 3.48. The summed E-state index contributed by atoms with van der Waals surface area (Å²) in [6, 6.07) is 11.8. The zero-order valence-corrected chi connectivity index (χ0v) is 11.4. The minimum Gasteiger partial charge on any atom is -0.308 e. The summed E-state index contributed by atoms with van der Waals surface area (Å²) in [5.41, 5.74) is 2.81. The molecule has 4 heteroatoms. The fourth-order valence-electron chi connectivity index (χ4n) is 2.49. The summed E-state index contributed by atoms with van der Waals surface area (Å²) in [6.45, 7) is 3.55. The maximum absolute atomic E-state index is 12.7. The third kappa shape index (κ3) is 2.42. The SMILES string of the molecule is CC1CN(C(=O)c2ccncc2)c2ccccc2CN1. The number of rotatable bonds is 1. The van der Waals surface area contributed by atoms with Gasteiger partial charge in [0, 0.05) is 42.8 Å². The Morgan fingerprint density at radius 1 is 1.25 bits per heavy atom. The van der Waals surface area contributed by atoms with Gasteiger partial charge in [-0.25, -0.2) is 0 Å². The van der Waals surface area contributed by atoms with Gasteiger partial charge < -0.3 is 10.2 Å². The number of para-hydroxylation sites is 1. The molecule has 0 radical (unpaired) electrons. The lowest BCUT2D eigenvalue weighted by molar-refractivity contribution is 0.0985. The molecule has 1 aliphatic heterocycles. The van der Waals surface area contributed by atoms with Crippen molar-refractivity contribution in [2.24, 2.45) is 0 Å². The number of fused-ring (bicyclic) bond motifs is 1. The van der Waals surface area contributed by atoms with E-state index in [1.165, 1.54) is 0 Å². The fraction of sp³-hybridized carbons (Fsp3) is 0.250. The first-order valence-electron chi connectivity index (χ1n) is 6.79. The number of nitrogens with one attached hydrogen (secondary N) is 1. The summed E-state index contributed by atoms with van der Waals surface area (Å²) in [5, 5.41) is 3.43. The van der Waals surface area contributed by atoms with Crippen LogP contribution in [0.3, 0.4) is 0 Å². The number of amides is 1. The Hall–Kier alpha value is -2.20. The zero-order valence-electron chi connectivity index (χ0n) is 11.4. The smallest absolute Gasteiger partial charge is 0.258 e. The number of hydrogen-bond acceptors (Lipinski definition) is 3. The van der Waals surface area contributed by atoms with Crippen LogP contribution < -0.4 is 10.2 Å². The van der Waals surface area contributed by atoms with Crippen LogP contribution in [0.15, 0.2) is 48.8 Å². The second kappa shape index (κ2) is 5.43. The van der Waals surface area contributed by atoms with Gasteiger partial charge in [-0.15, -0.1) is 0 Å². The number of pyridine rings is 1. The van der Waals surface area contributed by atoms with Crippen molar-refractivity contribution in [1.82, 2.24) is 10.3 Å². The van der Waals surface area contributed by atoms with Gasteiger partial charge in [0.15, 0.2) is 0 Å². The van der Waals surface area contributed by atoms with Crippen LogP contribution in [0.25, 0.3) is 0 Å². The summed E-state index contributed by atoms with van der Waals surface area (Å²) in [6.07, 6.45) is 3.30. The molecule has 0 bridgehead atoms. The van der Waals surface area contributed by atoms with Crippen LogP contribution in [-0.2, 0) is 6.54 Å². The molecule has 3 rings (SSSR count). The second-order valence-electron chi connectivity index (χ2n) is 5.06. The predicted molar refractivity (Wildman–Crippen MR) is 78.7 cm³/mol. The number of anilines is 1. The number of hydrogen-bond donors (Lipinski definition) is 1. The molecule has 2 heterocycles. The van der Waals surface area contributed by atoms with Crippen molar-refractivity contribution >= 4 is 11.6 Å². The topological polar surface area (TPSA) is 45.2 Å². The van der Waals surface area contributed by atoms with Crippen LogP contribution in [-0.4, -0.2) is 23.5 Å². The van der Waals surface area contributed by atoms with Crippen LogP contribution in [0.2, 0.25) is 0 Å². The fourth-order valence-corrected chi connectivity index (χ4v) is 2.49. The molecule has 1 atom stereocenters. The minimum atomic E-state index is 0.0235. The van der Waals surface area contributed by atoms with Crippen LogP contribution in [0.1, 0.15) is 22.8 Å². The first-order chi connectivity index (χ1) is 9.75. The van der Waals surface area contributed by atoms with Crippen molar-refractivity contribution in [3.05, 3.63) is 59.9 Å². The summed E-state index contributed by atoms with van der Waals surface area (Å²) in [7, 11) is 0. The summed E-state index contributed by atoms with van der Waals surface area (Å²) in [5.74, 6) is 0.0235. The predicted octanol–water partition coefficient (Wildman–Crippen LogP) is 2.22. The summed E-state index contributed by atoms with van der Waals surface area (Å²) >= 11 is 0. The molecule has 1 aromatic heterocycles. The maximum atomic E-state index is 12.7. The van der Waals surface area contributed by atoms with Crippen LogP contribution in [0, 0.1) is 0 Å². The maximum Gasteiger partial charge on any atom is 0.258 e. The van der Waals surface area contributed by atoms with E-state index in [0.29, 0.717) is 12.1 Å². The number of carbonyl (C=O) groups is 1. The summed E-state index contributed by atoms with van der Waals surface area (Å²) < 4.78 is 0. The molecule has 0 saturated heterocycles. The largest absolute Gasteiger partial charge is 0.308 e. The lowest BCUT2D eigenvalue weighted by atomic mass is 10.1. The molecule has 102 valence electrons. The third-order valence-corrected chi connectivity index (χ3v) is 3.55. The Morgan fingerprint density at radius 3 is 2.80 bits per heavy atom. The molecule has 4 nitrogen and oxygen atoms in total. The third-order valence-electron chi connectivity index (χ3n) is 3.55. The first kappa shape index (κ1) is 12.8. The second-order valence-corrected chi connectivity index (χ2v) is 5.06. The highest BCUT2D eigenvalue weighted by Gasteiger charge is 2.24. The van der Waals surface area contributed by atoms with Crippen molar-refractivity contribution in [2.45, 2.75) is 19.5 Å². The van der Waals surface area contributed by atoms with E-state index in [2.05, 4.69) is 23.3 Å². The Balaban J connectivity index is 2.01. The first-order valence-corrected chi connectivity index (χ1v) is 6.79. The zero-order chi connectivity index (χ0) is 13.9. The normalized spacial score (nSPS) is 18.2. The lowest BCUT2D eigenvalue weighted by Crippen LogP contribution is -2.39. The van der Waals surface area contributed by atoms with Crippen LogP contribution >= 0.6 is 0 Å². The van der Waals surface area contributed by atoms with Gasteiger partial charge in [-0.05, 0) is 30.7 Å². The van der Waals surface area contributed by atoms with E-state index in [-0.39, 0.29) is 11.9 Å². The van der Waals surface area contributed by atoms with Crippen molar-refractivity contribution < 1.29 is 4.79 Å². The van der Waals surface area contributed by atoms with Crippen LogP contribution in [0.5, 0.6) is 0 Å². The van der Waals surface area contributed by atoms with Crippen molar-refractivity contribution in [1.29, 1.82) is 0 Å². The van der Waals surface area contributed by atoms with Gasteiger partial charge in [0.05, 0.1) is 0 Å². The van der Waals surface area contributed by atoms with E-state index in [9.17, 15) is 4.79 Å². The molecule has 0 saturated carbocycles. The average Bonchev–Trinajstić information content (AvgIpc) is 2.67. The van der Waals surface area contributed by atoms with Gasteiger partial charge in [-0.2, -0.15) is 0 Å². The number of nitrogens with zero attached hydrogens (tertiary/aromatic N) is 2. The van der Waals surface area contributed by atoms with E-state index < -0.39 is 0 Å². The highest BCUT2D eigenvalue weighted by molar-refractivity contribution is 6.06. The van der Waals surface area contributed by atoms with E-state index in [1.54, 1.807) is 24.5 Å². The van der Waals surface area contributed by atoms with Gasteiger partial charge in [0.2, 0.25) is 0 Å². The molecule has 1 amide bonds. The molecular weight excluding hydrogens is 250 g/mol. The molecule has 20 heavy (non-hydrogen) atoms. The number of aromatic nitrogens is 1. The van der Waals surface area contributed by atoms with Crippen molar-refractivity contribution in [3.8, 4) is 0 Å². The molecule has 1 aliphatic rings. The van der Waals surface area contributed by atoms with Gasteiger partial charge >= 0.3 is 0 Å². The summed E-state index contributed by atoms with van der Waals surface area (Å²) in [4.78, 5) is 18.6. The number of benzene rings is 1.